The number of benzene rings is 3. The number of carbonyl (C=O) groups excluding carboxylic acids is 2. The van der Waals surface area contributed by atoms with E-state index in [0.29, 0.717) is 10.7 Å². The maximum atomic E-state index is 13.6. The van der Waals surface area contributed by atoms with Gasteiger partial charge in [-0.25, -0.2) is 0 Å². The van der Waals surface area contributed by atoms with Gasteiger partial charge in [-0.05, 0) is 79.3 Å². The fourth-order valence-electron chi connectivity index (χ4n) is 4.27. The minimum atomic E-state index is -0.504. The van der Waals surface area contributed by atoms with Crippen molar-refractivity contribution in [2.45, 2.75) is 18.4 Å². The van der Waals surface area contributed by atoms with Crippen molar-refractivity contribution >= 4 is 91.1 Å². The second-order valence-electron chi connectivity index (χ2n) is 8.49. The van der Waals surface area contributed by atoms with Gasteiger partial charge in [0.1, 0.15) is 5.57 Å². The van der Waals surface area contributed by atoms with Crippen LogP contribution in [0.3, 0.4) is 0 Å². The highest BCUT2D eigenvalue weighted by Gasteiger charge is 2.35. The summed E-state index contributed by atoms with van der Waals surface area (Å²) >= 11 is 16.6. The summed E-state index contributed by atoms with van der Waals surface area (Å²) in [5, 5.41) is 4.43. The molecule has 0 saturated carbocycles. The van der Waals surface area contributed by atoms with Crippen LogP contribution >= 0.6 is 51.5 Å². The summed E-state index contributed by atoms with van der Waals surface area (Å²) in [6, 6.07) is 21.3. The molecule has 0 bridgehead atoms. The van der Waals surface area contributed by atoms with E-state index >= 15 is 0 Å². The average Bonchev–Trinajstić information content (AvgIpc) is 3.21. The van der Waals surface area contributed by atoms with Crippen molar-refractivity contribution in [2.75, 3.05) is 10.7 Å². The summed E-state index contributed by atoms with van der Waals surface area (Å²) in [7, 11) is 0. The number of fused-ring (bicyclic) bond motifs is 1. The van der Waals surface area contributed by atoms with Crippen molar-refractivity contribution < 1.29 is 9.59 Å². The summed E-state index contributed by atoms with van der Waals surface area (Å²) in [5.41, 5.74) is 3.35. The van der Waals surface area contributed by atoms with Gasteiger partial charge in [-0.1, -0.05) is 45.7 Å². The zero-order valence-electron chi connectivity index (χ0n) is 19.7. The fourth-order valence-corrected chi connectivity index (χ4v) is 6.00. The van der Waals surface area contributed by atoms with E-state index in [9.17, 15) is 9.59 Å². The van der Waals surface area contributed by atoms with Crippen LogP contribution in [0.15, 0.2) is 87.9 Å². The zero-order valence-corrected chi connectivity index (χ0v) is 23.7. The summed E-state index contributed by atoms with van der Waals surface area (Å²) in [6.07, 6.45) is 3.65. The van der Waals surface area contributed by atoms with Crippen molar-refractivity contribution in [3.05, 3.63) is 99.1 Å². The number of rotatable bonds is 6. The normalized spacial score (nSPS) is 15.1. The van der Waals surface area contributed by atoms with Gasteiger partial charge in [0.2, 0.25) is 0 Å². The van der Waals surface area contributed by atoms with Crippen LogP contribution in [0, 0.1) is 6.92 Å². The lowest BCUT2D eigenvalue weighted by molar-refractivity contribution is -0.122. The molecule has 1 aliphatic heterocycles. The van der Waals surface area contributed by atoms with Crippen LogP contribution < -0.4 is 10.2 Å². The van der Waals surface area contributed by atoms with Crippen molar-refractivity contribution in [1.82, 2.24) is 9.88 Å². The summed E-state index contributed by atoms with van der Waals surface area (Å²) in [4.78, 5) is 29.0. The van der Waals surface area contributed by atoms with Crippen LogP contribution in [-0.4, -0.2) is 27.2 Å². The molecule has 1 aromatic heterocycles. The Morgan fingerprint density at radius 3 is 2.59 bits per heavy atom. The molecule has 1 saturated heterocycles. The van der Waals surface area contributed by atoms with Crippen LogP contribution in [0.1, 0.15) is 11.1 Å². The molecule has 5 rings (SSSR count). The van der Waals surface area contributed by atoms with Crippen molar-refractivity contribution in [2.24, 2.45) is 0 Å². The van der Waals surface area contributed by atoms with Gasteiger partial charge >= 0.3 is 0 Å². The number of halogens is 2. The monoisotopic (exact) mass is 609 g/mol. The Bertz CT molecular complexity index is 1580. The Hall–Kier alpha value is -2.91. The van der Waals surface area contributed by atoms with Gasteiger partial charge in [-0.3, -0.25) is 19.8 Å². The van der Waals surface area contributed by atoms with Crippen molar-refractivity contribution in [3.8, 4) is 0 Å². The molecule has 9 heteroatoms. The molecule has 1 N–H and O–H groups in total. The Kier molecular flexibility index (Phi) is 7.53. The first-order chi connectivity index (χ1) is 17.8. The first-order valence-electron chi connectivity index (χ1n) is 11.5. The molecular weight excluding hydrogens is 590 g/mol. The molecule has 0 aliphatic carbocycles. The smallest absolute Gasteiger partial charge is 0.270 e. The van der Waals surface area contributed by atoms with E-state index < -0.39 is 11.8 Å². The molecule has 0 unspecified atom stereocenters. The van der Waals surface area contributed by atoms with Crippen LogP contribution in [0.5, 0.6) is 0 Å². The van der Waals surface area contributed by atoms with Crippen LogP contribution in [0.2, 0.25) is 5.02 Å². The van der Waals surface area contributed by atoms with Crippen LogP contribution in [0.4, 0.5) is 5.69 Å². The maximum absolute atomic E-state index is 13.6. The number of hydrogen-bond donors (Lipinski definition) is 1. The van der Waals surface area contributed by atoms with Gasteiger partial charge in [0.15, 0.2) is 5.11 Å². The molecule has 0 radical (unpaired) electrons. The van der Waals surface area contributed by atoms with E-state index in [2.05, 4.69) is 25.8 Å². The first kappa shape index (κ1) is 25.7. The quantitative estimate of drug-likeness (QED) is 0.111. The number of thiocarbonyl (C=S) groups is 1. The van der Waals surface area contributed by atoms with Crippen molar-refractivity contribution in [1.29, 1.82) is 0 Å². The van der Waals surface area contributed by atoms with E-state index in [1.165, 1.54) is 4.90 Å². The SMILES string of the molecule is Cc1cc(Br)ccc1N1C(=O)/C(=C/c2cn(CCSc3ccc(Cl)cc3)c3ccccc23)C(=O)NC1=S. The van der Waals surface area contributed by atoms with E-state index in [4.69, 9.17) is 23.8 Å². The molecular formula is C28H21BrClN3O2S2. The molecule has 4 aromatic rings. The van der Waals surface area contributed by atoms with E-state index in [-0.39, 0.29) is 10.7 Å². The predicted octanol–water partition coefficient (Wildman–Crippen LogP) is 6.99. The summed E-state index contributed by atoms with van der Waals surface area (Å²) in [5.74, 6) is -0.105. The number of aromatic nitrogens is 1. The van der Waals surface area contributed by atoms with E-state index in [1.54, 1.807) is 17.8 Å². The highest BCUT2D eigenvalue weighted by atomic mass is 79.9. The largest absolute Gasteiger partial charge is 0.346 e. The number of hydrogen-bond acceptors (Lipinski definition) is 4. The Morgan fingerprint density at radius 1 is 1.08 bits per heavy atom. The Balaban J connectivity index is 1.46. The van der Waals surface area contributed by atoms with Gasteiger partial charge in [0.25, 0.3) is 11.8 Å². The first-order valence-corrected chi connectivity index (χ1v) is 14.0. The number of amides is 2. The van der Waals surface area contributed by atoms with Gasteiger partial charge in [-0.15, -0.1) is 11.8 Å². The topological polar surface area (TPSA) is 54.3 Å². The lowest BCUT2D eigenvalue weighted by Crippen LogP contribution is -2.54. The number of para-hydroxylation sites is 1. The Morgan fingerprint density at radius 2 is 1.84 bits per heavy atom. The Labute approximate surface area is 237 Å². The van der Waals surface area contributed by atoms with E-state index in [0.717, 1.165) is 43.7 Å². The molecule has 0 atom stereocenters. The number of thioether (sulfide) groups is 1. The fraction of sp³-hybridized carbons (Fsp3) is 0.107. The lowest BCUT2D eigenvalue weighted by atomic mass is 10.1. The number of nitrogens with zero attached hydrogens (tertiary/aromatic N) is 2. The third-order valence-corrected chi connectivity index (χ3v) is 8.06. The summed E-state index contributed by atoms with van der Waals surface area (Å²) < 4.78 is 3.04. The molecule has 37 heavy (non-hydrogen) atoms. The number of carbonyl (C=O) groups is 2. The van der Waals surface area contributed by atoms with Gasteiger partial charge in [0.05, 0.1) is 5.69 Å². The average molecular weight is 611 g/mol. The molecule has 2 heterocycles. The minimum Gasteiger partial charge on any atom is -0.346 e. The second-order valence-corrected chi connectivity index (χ2v) is 11.4. The molecule has 186 valence electrons. The molecule has 2 amide bonds. The number of nitrogens with one attached hydrogen (secondary N) is 1. The van der Waals surface area contributed by atoms with Crippen molar-refractivity contribution in [3.63, 3.8) is 0 Å². The highest BCUT2D eigenvalue weighted by Crippen LogP contribution is 2.30. The van der Waals surface area contributed by atoms with Gasteiger partial charge in [0, 0.05) is 49.4 Å². The standard InChI is InChI=1S/C28H21BrClN3O2S2/c1-17-14-19(29)6-11-24(17)33-27(35)23(26(34)31-28(33)36)15-18-16-32(25-5-3-2-4-22(18)25)12-13-37-21-9-7-20(30)8-10-21/h2-11,14-16H,12-13H2,1H3,(H,31,34,36)/b23-15+. The van der Waals surface area contributed by atoms with Gasteiger partial charge in [-0.2, -0.15) is 0 Å². The molecule has 1 fully saturated rings. The number of aryl methyl sites for hydroxylation is 2. The molecule has 5 nitrogen and oxygen atoms in total. The minimum absolute atomic E-state index is 0.0364. The molecule has 3 aromatic carbocycles. The number of anilines is 1. The van der Waals surface area contributed by atoms with Gasteiger partial charge < -0.3 is 4.57 Å². The zero-order chi connectivity index (χ0) is 26.1. The summed E-state index contributed by atoms with van der Waals surface area (Å²) in [6.45, 7) is 2.65. The van der Waals surface area contributed by atoms with Crippen LogP contribution in [0.25, 0.3) is 17.0 Å². The second kappa shape index (κ2) is 10.8. The third-order valence-electron chi connectivity index (χ3n) is 6.04. The van der Waals surface area contributed by atoms with Crippen LogP contribution in [-0.2, 0) is 16.1 Å². The lowest BCUT2D eigenvalue weighted by Gasteiger charge is -2.30. The third kappa shape index (κ3) is 5.38. The van der Waals surface area contributed by atoms with E-state index in [1.807, 2.05) is 79.9 Å². The molecule has 0 spiro atoms. The predicted molar refractivity (Wildman–Crippen MR) is 159 cm³/mol. The molecule has 1 aliphatic rings. The maximum Gasteiger partial charge on any atom is 0.270 e. The highest BCUT2D eigenvalue weighted by molar-refractivity contribution is 9.10.